The lowest BCUT2D eigenvalue weighted by Gasteiger charge is -2.07. The van der Waals surface area contributed by atoms with E-state index in [1.807, 2.05) is 0 Å². The van der Waals surface area contributed by atoms with E-state index in [9.17, 15) is 9.50 Å². The van der Waals surface area contributed by atoms with E-state index >= 15 is 0 Å². The molecular formula is C11H4ClFN4O. The Morgan fingerprint density at radius 3 is 2.33 bits per heavy atom. The zero-order valence-corrected chi connectivity index (χ0v) is 9.46. The van der Waals surface area contributed by atoms with Gasteiger partial charge >= 0.3 is 0 Å². The van der Waals surface area contributed by atoms with E-state index < -0.39 is 17.1 Å². The number of phenols is 1. The highest BCUT2D eigenvalue weighted by Crippen LogP contribution is 2.30. The van der Waals surface area contributed by atoms with Crippen LogP contribution in [0, 0.1) is 39.8 Å². The zero-order valence-electron chi connectivity index (χ0n) is 8.70. The average molecular weight is 263 g/mol. The van der Waals surface area contributed by atoms with Crippen LogP contribution in [0.15, 0.2) is 23.4 Å². The van der Waals surface area contributed by atoms with Crippen molar-refractivity contribution < 1.29 is 9.50 Å². The second-order valence-corrected chi connectivity index (χ2v) is 3.40. The van der Waals surface area contributed by atoms with Gasteiger partial charge in [-0.1, -0.05) is 11.6 Å². The summed E-state index contributed by atoms with van der Waals surface area (Å²) in [5.41, 5.74) is -0.906. The normalized spacial score (nSPS) is 8.61. The first-order valence-corrected chi connectivity index (χ1v) is 4.81. The van der Waals surface area contributed by atoms with E-state index in [0.29, 0.717) is 0 Å². The fraction of sp³-hybridized carbons (Fsp3) is 0. The predicted octanol–water partition coefficient (Wildman–Crippen LogP) is 2.42. The zero-order chi connectivity index (χ0) is 13.7. The summed E-state index contributed by atoms with van der Waals surface area (Å²) in [5, 5.41) is 37.5. The lowest BCUT2D eigenvalue weighted by atomic mass is 10.2. The van der Waals surface area contributed by atoms with Crippen molar-refractivity contribution in [2.75, 3.05) is 5.32 Å². The second-order valence-electron chi connectivity index (χ2n) is 2.99. The third-order valence-electron chi connectivity index (χ3n) is 1.88. The van der Waals surface area contributed by atoms with Crippen LogP contribution in [-0.2, 0) is 0 Å². The highest BCUT2D eigenvalue weighted by Gasteiger charge is 2.11. The van der Waals surface area contributed by atoms with Gasteiger partial charge in [0.2, 0.25) is 0 Å². The fourth-order valence-electron chi connectivity index (χ4n) is 1.05. The number of nitrogens with zero attached hydrogens (tertiary/aromatic N) is 3. The maximum Gasteiger partial charge on any atom is 0.163 e. The monoisotopic (exact) mass is 262 g/mol. The topological polar surface area (TPSA) is 104 Å². The molecule has 0 radical (unpaired) electrons. The van der Waals surface area contributed by atoms with Crippen molar-refractivity contribution in [1.82, 2.24) is 0 Å². The van der Waals surface area contributed by atoms with E-state index in [4.69, 9.17) is 27.4 Å². The van der Waals surface area contributed by atoms with Crippen LogP contribution in [0.2, 0.25) is 5.02 Å². The van der Waals surface area contributed by atoms with Gasteiger partial charge < -0.3 is 10.4 Å². The Labute approximate surface area is 107 Å². The summed E-state index contributed by atoms with van der Waals surface area (Å²) in [6.07, 6.45) is 0. The van der Waals surface area contributed by atoms with E-state index in [1.165, 1.54) is 12.1 Å². The standard InChI is InChI=1S/C11H4ClFN4O/c12-7-1-9(11(18)2-8(7)13)17-10(5-16)6(3-14)4-15/h1-2,17-18H. The number of benzene rings is 1. The van der Waals surface area contributed by atoms with Crippen molar-refractivity contribution in [2.24, 2.45) is 0 Å². The van der Waals surface area contributed by atoms with Gasteiger partial charge in [-0.15, -0.1) is 0 Å². The van der Waals surface area contributed by atoms with E-state index in [0.717, 1.165) is 12.1 Å². The lowest BCUT2D eigenvalue weighted by molar-refractivity contribution is 0.471. The van der Waals surface area contributed by atoms with Crippen LogP contribution in [0.4, 0.5) is 10.1 Å². The van der Waals surface area contributed by atoms with Crippen LogP contribution in [-0.4, -0.2) is 5.11 Å². The number of hydrogen-bond donors (Lipinski definition) is 2. The smallest absolute Gasteiger partial charge is 0.163 e. The molecule has 0 aliphatic rings. The van der Waals surface area contributed by atoms with Gasteiger partial charge in [0, 0.05) is 6.07 Å². The Balaban J connectivity index is 3.26. The molecular weight excluding hydrogens is 259 g/mol. The Morgan fingerprint density at radius 1 is 1.22 bits per heavy atom. The molecule has 0 heterocycles. The highest BCUT2D eigenvalue weighted by molar-refractivity contribution is 6.31. The molecule has 7 heteroatoms. The maximum atomic E-state index is 13.0. The molecule has 0 spiro atoms. The first-order chi connectivity index (χ1) is 8.53. The molecule has 0 aliphatic heterocycles. The van der Waals surface area contributed by atoms with Crippen molar-refractivity contribution in [3.63, 3.8) is 0 Å². The molecule has 1 aromatic rings. The molecule has 18 heavy (non-hydrogen) atoms. The molecule has 0 unspecified atom stereocenters. The number of rotatable bonds is 2. The minimum atomic E-state index is -0.831. The number of allylic oxidation sites excluding steroid dienone is 2. The number of nitriles is 3. The molecule has 2 N–H and O–H groups in total. The number of halogens is 2. The molecule has 88 valence electrons. The van der Waals surface area contributed by atoms with Crippen LogP contribution < -0.4 is 5.32 Å². The van der Waals surface area contributed by atoms with Crippen molar-refractivity contribution in [2.45, 2.75) is 0 Å². The highest BCUT2D eigenvalue weighted by atomic mass is 35.5. The van der Waals surface area contributed by atoms with E-state index in [1.54, 1.807) is 6.07 Å². The first kappa shape index (κ1) is 13.3. The lowest BCUT2D eigenvalue weighted by Crippen LogP contribution is -2.01. The Bertz CT molecular complexity index is 633. The summed E-state index contributed by atoms with van der Waals surface area (Å²) in [4.78, 5) is 0. The third kappa shape index (κ3) is 2.68. The summed E-state index contributed by atoms with van der Waals surface area (Å²) >= 11 is 5.50. The molecule has 0 amide bonds. The van der Waals surface area contributed by atoms with Crippen LogP contribution in [0.25, 0.3) is 0 Å². The fourth-order valence-corrected chi connectivity index (χ4v) is 1.22. The van der Waals surface area contributed by atoms with Gasteiger partial charge in [0.25, 0.3) is 0 Å². The molecule has 1 rings (SSSR count). The van der Waals surface area contributed by atoms with E-state index in [2.05, 4.69) is 5.32 Å². The summed E-state index contributed by atoms with van der Waals surface area (Å²) < 4.78 is 13.0. The maximum absolute atomic E-state index is 13.0. The van der Waals surface area contributed by atoms with Crippen LogP contribution >= 0.6 is 11.6 Å². The van der Waals surface area contributed by atoms with Gasteiger partial charge in [-0.3, -0.25) is 0 Å². The Morgan fingerprint density at radius 2 is 1.83 bits per heavy atom. The van der Waals surface area contributed by atoms with Gasteiger partial charge in [0.1, 0.15) is 35.5 Å². The quantitative estimate of drug-likeness (QED) is 0.629. The largest absolute Gasteiger partial charge is 0.506 e. The van der Waals surface area contributed by atoms with Crippen molar-refractivity contribution in [3.05, 3.63) is 34.2 Å². The molecule has 0 fully saturated rings. The molecule has 1 aromatic carbocycles. The summed E-state index contributed by atoms with van der Waals surface area (Å²) in [6.45, 7) is 0. The van der Waals surface area contributed by atoms with Gasteiger partial charge in [0.15, 0.2) is 5.57 Å². The average Bonchev–Trinajstić information content (AvgIpc) is 2.35. The molecule has 0 bridgehead atoms. The molecule has 0 saturated carbocycles. The predicted molar refractivity (Wildman–Crippen MR) is 60.6 cm³/mol. The van der Waals surface area contributed by atoms with Gasteiger partial charge in [-0.25, -0.2) is 4.39 Å². The van der Waals surface area contributed by atoms with Gasteiger partial charge in [0.05, 0.1) is 10.7 Å². The summed E-state index contributed by atoms with van der Waals surface area (Å²) in [5.74, 6) is -1.33. The minimum Gasteiger partial charge on any atom is -0.506 e. The summed E-state index contributed by atoms with van der Waals surface area (Å²) in [6, 6.07) is 6.40. The Hall–Kier alpha value is -2.75. The molecule has 0 aliphatic carbocycles. The number of anilines is 1. The van der Waals surface area contributed by atoms with Crippen molar-refractivity contribution in [1.29, 1.82) is 15.8 Å². The third-order valence-corrected chi connectivity index (χ3v) is 2.17. The number of nitrogens with one attached hydrogen (secondary N) is 1. The first-order valence-electron chi connectivity index (χ1n) is 4.43. The van der Waals surface area contributed by atoms with Crippen molar-refractivity contribution >= 4 is 17.3 Å². The summed E-state index contributed by atoms with van der Waals surface area (Å²) in [7, 11) is 0. The SMILES string of the molecule is N#CC(C#N)=C(C#N)Nc1cc(Cl)c(F)cc1O. The number of hydrogen-bond acceptors (Lipinski definition) is 5. The van der Waals surface area contributed by atoms with Crippen molar-refractivity contribution in [3.8, 4) is 24.0 Å². The molecule has 0 atom stereocenters. The molecule has 5 nitrogen and oxygen atoms in total. The molecule has 0 saturated heterocycles. The second kappa shape index (κ2) is 5.54. The van der Waals surface area contributed by atoms with E-state index in [-0.39, 0.29) is 16.4 Å². The molecule has 0 aromatic heterocycles. The van der Waals surface area contributed by atoms with Crippen LogP contribution in [0.5, 0.6) is 5.75 Å². The Kier molecular flexibility index (Phi) is 4.10. The number of aromatic hydroxyl groups is 1. The number of phenolic OH excluding ortho intramolecular Hbond substituents is 1. The van der Waals surface area contributed by atoms with Crippen LogP contribution in [0.1, 0.15) is 0 Å². The van der Waals surface area contributed by atoms with Gasteiger partial charge in [-0.2, -0.15) is 15.8 Å². The van der Waals surface area contributed by atoms with Gasteiger partial charge in [-0.05, 0) is 6.07 Å². The van der Waals surface area contributed by atoms with Crippen LogP contribution in [0.3, 0.4) is 0 Å². The minimum absolute atomic E-state index is 0.0825.